The smallest absolute Gasteiger partial charge is 0.331 e. The molecule has 0 aromatic carbocycles. The summed E-state index contributed by atoms with van der Waals surface area (Å²) in [6.07, 6.45) is 4.81. The second-order valence-corrected chi connectivity index (χ2v) is 4.18. The van der Waals surface area contributed by atoms with E-state index in [-0.39, 0.29) is 5.91 Å². The average molecular weight is 240 g/mol. The van der Waals surface area contributed by atoms with Crippen LogP contribution in [0.4, 0.5) is 0 Å². The van der Waals surface area contributed by atoms with Crippen molar-refractivity contribution in [1.29, 1.82) is 0 Å². The minimum absolute atomic E-state index is 0.0675. The fourth-order valence-corrected chi connectivity index (χ4v) is 1.41. The van der Waals surface area contributed by atoms with E-state index in [0.29, 0.717) is 37.5 Å². The molecule has 1 aliphatic rings. The van der Waals surface area contributed by atoms with E-state index in [1.807, 2.05) is 6.92 Å². The van der Waals surface area contributed by atoms with Gasteiger partial charge in [-0.1, -0.05) is 13.0 Å². The third-order valence-corrected chi connectivity index (χ3v) is 2.62. The van der Waals surface area contributed by atoms with Gasteiger partial charge in [0.1, 0.15) is 0 Å². The Hall–Kier alpha value is -1.36. The van der Waals surface area contributed by atoms with Gasteiger partial charge in [-0.25, -0.2) is 4.79 Å². The third-order valence-electron chi connectivity index (χ3n) is 2.62. The maximum atomic E-state index is 11.3. The number of rotatable bonds is 8. The molecule has 0 saturated heterocycles. The molecular weight excluding hydrogens is 220 g/mol. The van der Waals surface area contributed by atoms with E-state index in [9.17, 15) is 9.59 Å². The lowest BCUT2D eigenvalue weighted by molar-refractivity contribution is -0.132. The van der Waals surface area contributed by atoms with Crippen molar-refractivity contribution in [1.82, 2.24) is 10.6 Å². The van der Waals surface area contributed by atoms with Crippen LogP contribution < -0.4 is 10.6 Å². The van der Waals surface area contributed by atoms with Crippen molar-refractivity contribution >= 4 is 11.9 Å². The van der Waals surface area contributed by atoms with Crippen LogP contribution in [0.25, 0.3) is 0 Å². The highest BCUT2D eigenvalue weighted by Crippen LogP contribution is 2.18. The molecule has 5 heteroatoms. The summed E-state index contributed by atoms with van der Waals surface area (Å²) in [4.78, 5) is 22.0. The highest BCUT2D eigenvalue weighted by atomic mass is 16.4. The van der Waals surface area contributed by atoms with Crippen LogP contribution in [-0.2, 0) is 9.59 Å². The van der Waals surface area contributed by atoms with Crippen molar-refractivity contribution in [3.63, 3.8) is 0 Å². The summed E-state index contributed by atoms with van der Waals surface area (Å²) in [5.41, 5.74) is 0.403. The Labute approximate surface area is 101 Å². The van der Waals surface area contributed by atoms with Gasteiger partial charge in [-0.3, -0.25) is 4.79 Å². The van der Waals surface area contributed by atoms with Crippen LogP contribution in [0.15, 0.2) is 11.6 Å². The summed E-state index contributed by atoms with van der Waals surface area (Å²) in [6, 6.07) is 0.404. The van der Waals surface area contributed by atoms with Crippen LogP contribution in [0.1, 0.15) is 32.6 Å². The zero-order valence-electron chi connectivity index (χ0n) is 10.2. The molecule has 1 aliphatic carbocycles. The van der Waals surface area contributed by atoms with E-state index in [1.165, 1.54) is 0 Å². The minimum Gasteiger partial charge on any atom is -0.478 e. The molecular formula is C12H20N2O3. The molecule has 0 aromatic rings. The Morgan fingerprint density at radius 2 is 2.12 bits per heavy atom. The van der Waals surface area contributed by atoms with E-state index in [0.717, 1.165) is 12.8 Å². The Kier molecular flexibility index (Phi) is 5.69. The Balaban J connectivity index is 2.06. The number of hydrogen-bond acceptors (Lipinski definition) is 3. The molecule has 1 fully saturated rings. The fraction of sp³-hybridized carbons (Fsp3) is 0.667. The zero-order chi connectivity index (χ0) is 12.7. The lowest BCUT2D eigenvalue weighted by atomic mass is 10.2. The van der Waals surface area contributed by atoms with Gasteiger partial charge in [-0.05, 0) is 19.3 Å². The SMILES string of the molecule is CCC(=CCNCCC(=O)NC1CC1)C(=O)O. The highest BCUT2D eigenvalue weighted by Gasteiger charge is 2.22. The van der Waals surface area contributed by atoms with Crippen molar-refractivity contribution < 1.29 is 14.7 Å². The van der Waals surface area contributed by atoms with Crippen LogP contribution >= 0.6 is 0 Å². The summed E-state index contributed by atoms with van der Waals surface area (Å²) < 4.78 is 0. The highest BCUT2D eigenvalue weighted by molar-refractivity contribution is 5.86. The van der Waals surface area contributed by atoms with Crippen LogP contribution in [0.3, 0.4) is 0 Å². The molecule has 0 radical (unpaired) electrons. The number of amides is 1. The molecule has 1 saturated carbocycles. The number of nitrogens with one attached hydrogen (secondary N) is 2. The topological polar surface area (TPSA) is 78.4 Å². The quantitative estimate of drug-likeness (QED) is 0.430. The molecule has 1 rings (SSSR count). The second-order valence-electron chi connectivity index (χ2n) is 4.18. The first-order chi connectivity index (χ1) is 8.13. The number of carboxylic acid groups (broad SMARTS) is 1. The van der Waals surface area contributed by atoms with Crippen LogP contribution in [0.2, 0.25) is 0 Å². The predicted octanol–water partition coefficient (Wildman–Crippen LogP) is 0.666. The van der Waals surface area contributed by atoms with Gasteiger partial charge in [0, 0.05) is 31.1 Å². The average Bonchev–Trinajstić information content (AvgIpc) is 3.06. The zero-order valence-corrected chi connectivity index (χ0v) is 10.2. The van der Waals surface area contributed by atoms with Gasteiger partial charge in [0.2, 0.25) is 5.91 Å². The van der Waals surface area contributed by atoms with E-state index in [2.05, 4.69) is 10.6 Å². The van der Waals surface area contributed by atoms with Crippen molar-refractivity contribution in [2.75, 3.05) is 13.1 Å². The fourth-order valence-electron chi connectivity index (χ4n) is 1.41. The number of carbonyl (C=O) groups excluding carboxylic acids is 1. The normalized spacial score (nSPS) is 15.7. The van der Waals surface area contributed by atoms with Crippen LogP contribution in [0.5, 0.6) is 0 Å². The summed E-state index contributed by atoms with van der Waals surface area (Å²) >= 11 is 0. The predicted molar refractivity (Wildman–Crippen MR) is 64.7 cm³/mol. The number of carboxylic acids is 1. The Morgan fingerprint density at radius 1 is 1.41 bits per heavy atom. The molecule has 5 nitrogen and oxygen atoms in total. The third kappa shape index (κ3) is 6.06. The van der Waals surface area contributed by atoms with Crippen molar-refractivity contribution in [2.45, 2.75) is 38.6 Å². The van der Waals surface area contributed by atoms with E-state index in [1.54, 1.807) is 6.08 Å². The molecule has 0 spiro atoms. The summed E-state index contributed by atoms with van der Waals surface area (Å²) in [7, 11) is 0. The van der Waals surface area contributed by atoms with Gasteiger partial charge < -0.3 is 15.7 Å². The lowest BCUT2D eigenvalue weighted by Crippen LogP contribution is -2.29. The van der Waals surface area contributed by atoms with Crippen molar-refractivity contribution in [3.8, 4) is 0 Å². The summed E-state index contributed by atoms with van der Waals surface area (Å²) in [5.74, 6) is -0.807. The largest absolute Gasteiger partial charge is 0.478 e. The minimum atomic E-state index is -0.874. The maximum Gasteiger partial charge on any atom is 0.331 e. The first-order valence-electron chi connectivity index (χ1n) is 6.06. The first-order valence-corrected chi connectivity index (χ1v) is 6.06. The van der Waals surface area contributed by atoms with Gasteiger partial charge in [-0.15, -0.1) is 0 Å². The Bertz CT molecular complexity index is 309. The number of hydrogen-bond donors (Lipinski definition) is 3. The molecule has 3 N–H and O–H groups in total. The first kappa shape index (κ1) is 13.7. The number of aliphatic carboxylic acids is 1. The standard InChI is InChI=1S/C12H20N2O3/c1-2-9(12(16)17)5-7-13-8-6-11(15)14-10-3-4-10/h5,10,13H,2-4,6-8H2,1H3,(H,14,15)(H,16,17). The van der Waals surface area contributed by atoms with Crippen molar-refractivity contribution in [3.05, 3.63) is 11.6 Å². The van der Waals surface area contributed by atoms with Crippen LogP contribution in [0, 0.1) is 0 Å². The lowest BCUT2D eigenvalue weighted by Gasteiger charge is -2.04. The van der Waals surface area contributed by atoms with Gasteiger partial charge in [0.25, 0.3) is 0 Å². The molecule has 1 amide bonds. The second kappa shape index (κ2) is 7.06. The monoisotopic (exact) mass is 240 g/mol. The van der Waals surface area contributed by atoms with Crippen molar-refractivity contribution in [2.24, 2.45) is 0 Å². The molecule has 0 aromatic heterocycles. The van der Waals surface area contributed by atoms with Gasteiger partial charge in [-0.2, -0.15) is 0 Å². The summed E-state index contributed by atoms with van der Waals surface area (Å²) in [5, 5.41) is 14.7. The molecule has 0 aliphatic heterocycles. The Morgan fingerprint density at radius 3 is 2.65 bits per heavy atom. The maximum absolute atomic E-state index is 11.3. The number of carbonyl (C=O) groups is 2. The molecule has 0 bridgehead atoms. The molecule has 0 unspecified atom stereocenters. The molecule has 17 heavy (non-hydrogen) atoms. The summed E-state index contributed by atoms with van der Waals surface area (Å²) in [6.45, 7) is 2.88. The molecule has 0 heterocycles. The van der Waals surface area contributed by atoms with Crippen LogP contribution in [-0.4, -0.2) is 36.1 Å². The van der Waals surface area contributed by atoms with E-state index in [4.69, 9.17) is 5.11 Å². The molecule has 0 atom stereocenters. The van der Waals surface area contributed by atoms with E-state index < -0.39 is 5.97 Å². The van der Waals surface area contributed by atoms with Gasteiger partial charge >= 0.3 is 5.97 Å². The van der Waals surface area contributed by atoms with Gasteiger partial charge in [0.05, 0.1) is 0 Å². The van der Waals surface area contributed by atoms with Gasteiger partial charge in [0.15, 0.2) is 0 Å². The van der Waals surface area contributed by atoms with E-state index >= 15 is 0 Å². The molecule has 96 valence electrons.